The van der Waals surface area contributed by atoms with Crippen LogP contribution in [0.2, 0.25) is 0 Å². The normalized spacial score (nSPS) is 10.1. The minimum Gasteiger partial charge on any atom is -0.495 e. The quantitative estimate of drug-likeness (QED) is 0.592. The Morgan fingerprint density at radius 1 is 1.13 bits per heavy atom. The van der Waals surface area contributed by atoms with Gasteiger partial charge in [-0.25, -0.2) is 4.98 Å². The first-order valence-corrected chi connectivity index (χ1v) is 7.92. The van der Waals surface area contributed by atoms with E-state index in [2.05, 4.69) is 23.7 Å². The summed E-state index contributed by atoms with van der Waals surface area (Å²) in [4.78, 5) is 4.56. The number of benzene rings is 1. The number of fused-ring (bicyclic) bond motifs is 1. The van der Waals surface area contributed by atoms with Crippen LogP contribution in [-0.2, 0) is 0 Å². The van der Waals surface area contributed by atoms with Crippen LogP contribution in [0.25, 0.3) is 10.9 Å². The van der Waals surface area contributed by atoms with E-state index < -0.39 is 0 Å². The molecule has 0 atom stereocenters. The number of rotatable bonds is 6. The van der Waals surface area contributed by atoms with E-state index in [9.17, 15) is 0 Å². The molecule has 1 aromatic heterocycles. The molecule has 0 radical (unpaired) electrons. The molecule has 23 heavy (non-hydrogen) atoms. The second-order valence-electron chi connectivity index (χ2n) is 5.05. The summed E-state index contributed by atoms with van der Waals surface area (Å²) >= 11 is 0. The molecule has 1 aromatic carbocycles. The summed E-state index contributed by atoms with van der Waals surface area (Å²) in [6.07, 6.45) is 3.06. The minimum atomic E-state index is 0.479. The zero-order valence-electron chi connectivity index (χ0n) is 14.2. The van der Waals surface area contributed by atoms with E-state index in [1.165, 1.54) is 0 Å². The topological polar surface area (TPSA) is 40.6 Å². The van der Waals surface area contributed by atoms with E-state index in [4.69, 9.17) is 14.2 Å². The van der Waals surface area contributed by atoms with E-state index in [-0.39, 0.29) is 0 Å². The van der Waals surface area contributed by atoms with Gasteiger partial charge in [0.25, 0.3) is 0 Å². The average Bonchev–Trinajstić information content (AvgIpc) is 2.57. The summed E-state index contributed by atoms with van der Waals surface area (Å²) < 4.78 is 16.5. The van der Waals surface area contributed by atoms with Crippen molar-refractivity contribution >= 4 is 10.9 Å². The molecule has 2 aromatic rings. The molecule has 4 heteroatoms. The maximum atomic E-state index is 5.59. The highest BCUT2D eigenvalue weighted by Gasteiger charge is 2.15. The molecule has 4 nitrogen and oxygen atoms in total. The zero-order valence-corrected chi connectivity index (χ0v) is 14.2. The number of ether oxygens (including phenoxy) is 3. The van der Waals surface area contributed by atoms with Crippen molar-refractivity contribution in [3.8, 4) is 29.2 Å². The van der Waals surface area contributed by atoms with Crippen molar-refractivity contribution in [1.29, 1.82) is 0 Å². The van der Waals surface area contributed by atoms with Crippen molar-refractivity contribution < 1.29 is 14.2 Å². The molecule has 0 saturated carbocycles. The molecule has 0 N–H and O–H groups in total. The lowest BCUT2D eigenvalue weighted by atomic mass is 10.1. The van der Waals surface area contributed by atoms with Crippen molar-refractivity contribution in [1.82, 2.24) is 4.98 Å². The molecule has 2 rings (SSSR count). The minimum absolute atomic E-state index is 0.479. The summed E-state index contributed by atoms with van der Waals surface area (Å²) in [5.41, 5.74) is 1.46. The van der Waals surface area contributed by atoms with Gasteiger partial charge in [0.1, 0.15) is 17.1 Å². The summed E-state index contributed by atoms with van der Waals surface area (Å²) in [7, 11) is 3.24. The van der Waals surface area contributed by atoms with Gasteiger partial charge in [-0.05, 0) is 25.5 Å². The first kappa shape index (κ1) is 17.0. The van der Waals surface area contributed by atoms with E-state index in [0.29, 0.717) is 23.8 Å². The Morgan fingerprint density at radius 3 is 2.61 bits per heavy atom. The lowest BCUT2D eigenvalue weighted by molar-refractivity contribution is 0.340. The highest BCUT2D eigenvalue weighted by Crippen LogP contribution is 2.35. The van der Waals surface area contributed by atoms with Crippen LogP contribution in [0.1, 0.15) is 38.7 Å². The Hall–Kier alpha value is -2.41. The predicted octanol–water partition coefficient (Wildman–Crippen LogP) is 4.19. The first-order chi connectivity index (χ1) is 11.2. The number of hydrogen-bond donors (Lipinski definition) is 0. The monoisotopic (exact) mass is 313 g/mol. The fourth-order valence-corrected chi connectivity index (χ4v) is 2.34. The maximum Gasteiger partial charge on any atom is 0.233 e. The van der Waals surface area contributed by atoms with Crippen molar-refractivity contribution in [2.45, 2.75) is 33.1 Å². The van der Waals surface area contributed by atoms with Crippen LogP contribution in [0.3, 0.4) is 0 Å². The highest BCUT2D eigenvalue weighted by molar-refractivity contribution is 5.89. The van der Waals surface area contributed by atoms with Gasteiger partial charge in [-0.15, -0.1) is 0 Å². The molecular formula is C19H23NO3. The summed E-state index contributed by atoms with van der Waals surface area (Å²) in [6, 6.07) is 5.75. The lowest BCUT2D eigenvalue weighted by Crippen LogP contribution is -1.99. The van der Waals surface area contributed by atoms with Crippen molar-refractivity contribution in [2.75, 3.05) is 20.8 Å². The number of pyridine rings is 1. The molecule has 0 unspecified atom stereocenters. The molecule has 0 aliphatic rings. The average molecular weight is 313 g/mol. The summed E-state index contributed by atoms with van der Waals surface area (Å²) in [5.74, 6) is 8.28. The molecule has 0 amide bonds. The van der Waals surface area contributed by atoms with Crippen LogP contribution in [0.4, 0.5) is 0 Å². The number of nitrogens with zero attached hydrogens (tertiary/aromatic N) is 1. The molecule has 122 valence electrons. The van der Waals surface area contributed by atoms with E-state index in [1.807, 2.05) is 25.1 Å². The van der Waals surface area contributed by atoms with Crippen LogP contribution >= 0.6 is 0 Å². The van der Waals surface area contributed by atoms with Crippen LogP contribution in [0.5, 0.6) is 17.4 Å². The standard InChI is InChI=1S/C19H23NO3/c1-5-7-8-9-10-16-18(21-3)15-12-11-14(23-6-2)13-17(15)20-19(16)22-4/h11-13H,5-8H2,1-4H3. The zero-order chi connectivity index (χ0) is 16.7. The Morgan fingerprint density at radius 2 is 1.96 bits per heavy atom. The van der Waals surface area contributed by atoms with Crippen LogP contribution in [0.15, 0.2) is 18.2 Å². The summed E-state index contributed by atoms with van der Waals surface area (Å²) in [6.45, 7) is 4.71. The predicted molar refractivity (Wildman–Crippen MR) is 92.4 cm³/mol. The van der Waals surface area contributed by atoms with Crippen LogP contribution < -0.4 is 14.2 Å². The smallest absolute Gasteiger partial charge is 0.233 e. The van der Waals surface area contributed by atoms with Crippen LogP contribution in [0, 0.1) is 11.8 Å². The van der Waals surface area contributed by atoms with E-state index in [0.717, 1.165) is 35.9 Å². The second kappa shape index (κ2) is 8.28. The third kappa shape index (κ3) is 3.87. The Bertz CT molecular complexity index is 729. The molecular weight excluding hydrogens is 290 g/mol. The fourth-order valence-electron chi connectivity index (χ4n) is 2.34. The Balaban J connectivity index is 2.56. The molecule has 0 fully saturated rings. The van der Waals surface area contributed by atoms with Gasteiger partial charge >= 0.3 is 0 Å². The Labute approximate surface area is 137 Å². The molecule has 0 saturated heterocycles. The number of aromatic nitrogens is 1. The van der Waals surface area contributed by atoms with Gasteiger partial charge in [-0.2, -0.15) is 0 Å². The number of methoxy groups -OCH3 is 2. The van der Waals surface area contributed by atoms with Gasteiger partial charge in [0.15, 0.2) is 0 Å². The maximum absolute atomic E-state index is 5.59. The first-order valence-electron chi connectivity index (χ1n) is 7.92. The lowest BCUT2D eigenvalue weighted by Gasteiger charge is -2.12. The molecule has 1 heterocycles. The van der Waals surface area contributed by atoms with Gasteiger partial charge in [0, 0.05) is 17.9 Å². The van der Waals surface area contributed by atoms with E-state index >= 15 is 0 Å². The second-order valence-corrected chi connectivity index (χ2v) is 5.05. The summed E-state index contributed by atoms with van der Waals surface area (Å²) in [5, 5.41) is 0.900. The highest BCUT2D eigenvalue weighted by atomic mass is 16.5. The third-order valence-electron chi connectivity index (χ3n) is 3.45. The number of hydrogen-bond acceptors (Lipinski definition) is 4. The molecule has 0 bridgehead atoms. The van der Waals surface area contributed by atoms with Crippen LogP contribution in [-0.4, -0.2) is 25.8 Å². The van der Waals surface area contributed by atoms with Crippen molar-refractivity contribution in [3.63, 3.8) is 0 Å². The van der Waals surface area contributed by atoms with Crippen molar-refractivity contribution in [2.24, 2.45) is 0 Å². The SMILES string of the molecule is CCCCC#Cc1c(OC)nc2cc(OCC)ccc2c1OC. The largest absolute Gasteiger partial charge is 0.495 e. The Kier molecular flexibility index (Phi) is 6.10. The van der Waals surface area contributed by atoms with Gasteiger partial charge < -0.3 is 14.2 Å². The van der Waals surface area contributed by atoms with Gasteiger partial charge in [-0.1, -0.05) is 25.2 Å². The fraction of sp³-hybridized carbons (Fsp3) is 0.421. The molecule has 0 aliphatic heterocycles. The third-order valence-corrected chi connectivity index (χ3v) is 3.45. The molecule has 0 spiro atoms. The van der Waals surface area contributed by atoms with Gasteiger partial charge in [0.2, 0.25) is 5.88 Å². The number of unbranched alkanes of at least 4 members (excludes halogenated alkanes) is 2. The van der Waals surface area contributed by atoms with Gasteiger partial charge in [-0.3, -0.25) is 0 Å². The van der Waals surface area contributed by atoms with Crippen molar-refractivity contribution in [3.05, 3.63) is 23.8 Å². The molecule has 0 aliphatic carbocycles. The van der Waals surface area contributed by atoms with E-state index in [1.54, 1.807) is 14.2 Å². The van der Waals surface area contributed by atoms with Gasteiger partial charge in [0.05, 0.1) is 26.3 Å².